The summed E-state index contributed by atoms with van der Waals surface area (Å²) < 4.78 is 6.08. The van der Waals surface area contributed by atoms with Crippen LogP contribution in [0.5, 0.6) is 0 Å². The molecule has 0 saturated heterocycles. The highest BCUT2D eigenvalue weighted by atomic mass is 16.5. The standard InChI is InChI=1S/C16H29NO/c1-4-6-7-14(5-2)12-18-16-10-13(3)8-9-15(16)11-17/h13-16H,4-10,12H2,1-3H3. The van der Waals surface area contributed by atoms with E-state index in [2.05, 4.69) is 26.8 Å². The lowest BCUT2D eigenvalue weighted by Crippen LogP contribution is -2.31. The second-order valence-electron chi connectivity index (χ2n) is 5.94. The normalized spacial score (nSPS) is 29.8. The molecule has 0 spiro atoms. The van der Waals surface area contributed by atoms with E-state index in [1.54, 1.807) is 0 Å². The minimum atomic E-state index is 0.130. The van der Waals surface area contributed by atoms with Crippen LogP contribution in [0.3, 0.4) is 0 Å². The second-order valence-corrected chi connectivity index (χ2v) is 5.94. The van der Waals surface area contributed by atoms with Gasteiger partial charge in [-0.2, -0.15) is 5.26 Å². The summed E-state index contributed by atoms with van der Waals surface area (Å²) in [6.45, 7) is 7.61. The van der Waals surface area contributed by atoms with E-state index >= 15 is 0 Å². The van der Waals surface area contributed by atoms with E-state index < -0.39 is 0 Å². The third-order valence-electron chi connectivity index (χ3n) is 4.31. The third-order valence-corrected chi connectivity index (χ3v) is 4.31. The SMILES string of the molecule is CCCCC(CC)COC1CC(C)CCC1C#N. The smallest absolute Gasteiger partial charge is 0.0735 e. The molecule has 0 aliphatic heterocycles. The molecule has 1 aliphatic rings. The summed E-state index contributed by atoms with van der Waals surface area (Å²) in [5.41, 5.74) is 0. The van der Waals surface area contributed by atoms with Crippen LogP contribution in [0.4, 0.5) is 0 Å². The maximum absolute atomic E-state index is 9.18. The average Bonchev–Trinajstić information content (AvgIpc) is 2.39. The van der Waals surface area contributed by atoms with Crippen LogP contribution in [-0.2, 0) is 4.74 Å². The molecule has 1 saturated carbocycles. The van der Waals surface area contributed by atoms with Gasteiger partial charge in [-0.05, 0) is 37.5 Å². The van der Waals surface area contributed by atoms with Crippen molar-refractivity contribution in [3.05, 3.63) is 0 Å². The number of hydrogen-bond donors (Lipinski definition) is 0. The molecule has 1 aliphatic carbocycles. The van der Waals surface area contributed by atoms with Crippen molar-refractivity contribution in [3.8, 4) is 6.07 Å². The van der Waals surface area contributed by atoms with Crippen LogP contribution in [0, 0.1) is 29.1 Å². The van der Waals surface area contributed by atoms with E-state index in [0.29, 0.717) is 5.92 Å². The van der Waals surface area contributed by atoms with Gasteiger partial charge in [0.1, 0.15) is 0 Å². The van der Waals surface area contributed by atoms with E-state index in [1.165, 1.54) is 32.1 Å². The molecule has 0 aromatic rings. The average molecular weight is 251 g/mol. The molecule has 1 fully saturated rings. The Bertz CT molecular complexity index is 258. The lowest BCUT2D eigenvalue weighted by Gasteiger charge is -2.32. The van der Waals surface area contributed by atoms with Crippen LogP contribution >= 0.6 is 0 Å². The third kappa shape index (κ3) is 4.98. The molecule has 1 rings (SSSR count). The van der Waals surface area contributed by atoms with Crippen LogP contribution < -0.4 is 0 Å². The van der Waals surface area contributed by atoms with Gasteiger partial charge in [0.15, 0.2) is 0 Å². The van der Waals surface area contributed by atoms with E-state index in [9.17, 15) is 5.26 Å². The molecule has 2 nitrogen and oxygen atoms in total. The molecular weight excluding hydrogens is 222 g/mol. The molecule has 0 bridgehead atoms. The highest BCUT2D eigenvalue weighted by Crippen LogP contribution is 2.31. The summed E-state index contributed by atoms with van der Waals surface area (Å²) in [4.78, 5) is 0. The second kappa shape index (κ2) is 8.53. The fraction of sp³-hybridized carbons (Fsp3) is 0.938. The minimum absolute atomic E-state index is 0.130. The van der Waals surface area contributed by atoms with Crippen molar-refractivity contribution in [2.45, 2.75) is 71.8 Å². The maximum atomic E-state index is 9.18. The van der Waals surface area contributed by atoms with E-state index in [1.807, 2.05) is 0 Å². The van der Waals surface area contributed by atoms with Gasteiger partial charge >= 0.3 is 0 Å². The zero-order chi connectivity index (χ0) is 13.4. The van der Waals surface area contributed by atoms with Gasteiger partial charge in [-0.3, -0.25) is 0 Å². The van der Waals surface area contributed by atoms with Crippen LogP contribution in [0.1, 0.15) is 65.7 Å². The largest absolute Gasteiger partial charge is 0.377 e. The number of hydrogen-bond acceptors (Lipinski definition) is 2. The van der Waals surface area contributed by atoms with Crippen LogP contribution in [0.25, 0.3) is 0 Å². The molecular formula is C16H29NO. The molecule has 104 valence electrons. The predicted octanol–water partition coefficient (Wildman–Crippen LogP) is 4.55. The first kappa shape index (κ1) is 15.5. The van der Waals surface area contributed by atoms with Crippen molar-refractivity contribution in [2.75, 3.05) is 6.61 Å². The van der Waals surface area contributed by atoms with Crippen LogP contribution in [0.15, 0.2) is 0 Å². The van der Waals surface area contributed by atoms with Gasteiger partial charge in [0.05, 0.1) is 18.1 Å². The molecule has 18 heavy (non-hydrogen) atoms. The molecule has 4 unspecified atom stereocenters. The van der Waals surface area contributed by atoms with Gasteiger partial charge in [-0.25, -0.2) is 0 Å². The lowest BCUT2D eigenvalue weighted by molar-refractivity contribution is -0.0253. The Morgan fingerprint density at radius 3 is 2.72 bits per heavy atom. The van der Waals surface area contributed by atoms with Crippen molar-refractivity contribution in [1.82, 2.24) is 0 Å². The zero-order valence-corrected chi connectivity index (χ0v) is 12.3. The Kier molecular flexibility index (Phi) is 7.35. The highest BCUT2D eigenvalue weighted by Gasteiger charge is 2.29. The molecule has 0 aromatic heterocycles. The molecule has 0 heterocycles. The number of rotatable bonds is 7. The van der Waals surface area contributed by atoms with Crippen LogP contribution in [-0.4, -0.2) is 12.7 Å². The summed E-state index contributed by atoms with van der Waals surface area (Å²) in [5, 5.41) is 9.18. The predicted molar refractivity (Wildman–Crippen MR) is 75.2 cm³/mol. The van der Waals surface area contributed by atoms with E-state index in [0.717, 1.165) is 25.4 Å². The van der Waals surface area contributed by atoms with E-state index in [4.69, 9.17) is 4.74 Å². The van der Waals surface area contributed by atoms with Gasteiger partial charge in [0.25, 0.3) is 0 Å². The fourth-order valence-corrected chi connectivity index (χ4v) is 2.82. The number of nitrogens with zero attached hydrogens (tertiary/aromatic N) is 1. The topological polar surface area (TPSA) is 33.0 Å². The lowest BCUT2D eigenvalue weighted by atomic mass is 9.81. The molecule has 0 N–H and O–H groups in total. The molecule has 2 heteroatoms. The van der Waals surface area contributed by atoms with Crippen molar-refractivity contribution in [2.24, 2.45) is 17.8 Å². The summed E-state index contributed by atoms with van der Waals surface area (Å²) in [5.74, 6) is 1.53. The summed E-state index contributed by atoms with van der Waals surface area (Å²) >= 11 is 0. The summed E-state index contributed by atoms with van der Waals surface area (Å²) in [6, 6.07) is 2.43. The minimum Gasteiger partial charge on any atom is -0.377 e. The quantitative estimate of drug-likeness (QED) is 0.665. The van der Waals surface area contributed by atoms with Gasteiger partial charge in [0, 0.05) is 6.61 Å². The summed E-state index contributed by atoms with van der Waals surface area (Å²) in [6.07, 6.45) is 8.49. The number of nitriles is 1. The number of ether oxygens (including phenoxy) is 1. The Balaban J connectivity index is 2.36. The fourth-order valence-electron chi connectivity index (χ4n) is 2.82. The molecule has 4 atom stereocenters. The Hall–Kier alpha value is -0.550. The Labute approximate surface area is 113 Å². The van der Waals surface area contributed by atoms with Gasteiger partial charge < -0.3 is 4.74 Å². The monoisotopic (exact) mass is 251 g/mol. The first-order valence-corrected chi connectivity index (χ1v) is 7.72. The van der Waals surface area contributed by atoms with Crippen molar-refractivity contribution in [1.29, 1.82) is 5.26 Å². The van der Waals surface area contributed by atoms with E-state index in [-0.39, 0.29) is 12.0 Å². The Morgan fingerprint density at radius 2 is 2.11 bits per heavy atom. The highest BCUT2D eigenvalue weighted by molar-refractivity contribution is 4.93. The van der Waals surface area contributed by atoms with Crippen molar-refractivity contribution >= 4 is 0 Å². The van der Waals surface area contributed by atoms with Gasteiger partial charge in [-0.1, -0.05) is 40.0 Å². The molecule has 0 amide bonds. The van der Waals surface area contributed by atoms with Gasteiger partial charge in [0.2, 0.25) is 0 Å². The Morgan fingerprint density at radius 1 is 1.33 bits per heavy atom. The molecule has 0 radical (unpaired) electrons. The first-order chi connectivity index (χ1) is 8.71. The van der Waals surface area contributed by atoms with Crippen LogP contribution in [0.2, 0.25) is 0 Å². The molecule has 0 aromatic carbocycles. The zero-order valence-electron chi connectivity index (χ0n) is 12.3. The first-order valence-electron chi connectivity index (χ1n) is 7.72. The van der Waals surface area contributed by atoms with Crippen molar-refractivity contribution in [3.63, 3.8) is 0 Å². The van der Waals surface area contributed by atoms with Gasteiger partial charge in [-0.15, -0.1) is 0 Å². The summed E-state index contributed by atoms with van der Waals surface area (Å²) in [7, 11) is 0. The van der Waals surface area contributed by atoms with Crippen molar-refractivity contribution < 1.29 is 4.74 Å². The number of unbranched alkanes of at least 4 members (excludes halogenated alkanes) is 1. The maximum Gasteiger partial charge on any atom is 0.0735 e.